The summed E-state index contributed by atoms with van der Waals surface area (Å²) in [5, 5.41) is 15.3. The Morgan fingerprint density at radius 3 is 3.18 bits per heavy atom. The fourth-order valence-corrected chi connectivity index (χ4v) is 0.749. The summed E-state index contributed by atoms with van der Waals surface area (Å²) >= 11 is 0. The van der Waals surface area contributed by atoms with E-state index in [0.29, 0.717) is 6.54 Å². The lowest BCUT2D eigenvalue weighted by molar-refractivity contribution is 0.285. The Kier molecular flexibility index (Phi) is 3.64. The average molecular weight is 156 g/mol. The van der Waals surface area contributed by atoms with Crippen molar-refractivity contribution < 1.29 is 9.63 Å². The van der Waals surface area contributed by atoms with Gasteiger partial charge in [-0.25, -0.2) is 0 Å². The normalized spacial score (nSPS) is 10.3. The second-order valence-corrected chi connectivity index (χ2v) is 2.24. The van der Waals surface area contributed by atoms with E-state index in [4.69, 9.17) is 5.11 Å². The summed E-state index contributed by atoms with van der Waals surface area (Å²) in [5.74, 6) is 0. The van der Waals surface area contributed by atoms with E-state index >= 15 is 0 Å². The van der Waals surface area contributed by atoms with Crippen LogP contribution in [0, 0.1) is 0 Å². The third-order valence-electron chi connectivity index (χ3n) is 1.31. The van der Waals surface area contributed by atoms with Gasteiger partial charge in [0, 0.05) is 19.2 Å². The van der Waals surface area contributed by atoms with E-state index in [1.54, 1.807) is 6.26 Å². The Bertz CT molecular complexity index is 175. The van der Waals surface area contributed by atoms with Gasteiger partial charge in [0.05, 0.1) is 5.69 Å². The highest BCUT2D eigenvalue weighted by atomic mass is 16.5. The summed E-state index contributed by atoms with van der Waals surface area (Å²) in [5.41, 5.74) is 0.892. The van der Waals surface area contributed by atoms with Crippen LogP contribution in [0.4, 0.5) is 0 Å². The molecule has 0 unspecified atom stereocenters. The molecule has 0 saturated heterocycles. The Labute approximate surface area is 65.2 Å². The molecule has 4 heteroatoms. The van der Waals surface area contributed by atoms with Crippen molar-refractivity contribution in [3.8, 4) is 0 Å². The maximum absolute atomic E-state index is 8.45. The van der Waals surface area contributed by atoms with Crippen LogP contribution in [0.15, 0.2) is 16.9 Å². The molecule has 62 valence electrons. The molecule has 0 fully saturated rings. The van der Waals surface area contributed by atoms with Crippen LogP contribution in [0.5, 0.6) is 0 Å². The second kappa shape index (κ2) is 4.87. The summed E-state index contributed by atoms with van der Waals surface area (Å²) in [6.07, 6.45) is 2.32. The number of aliphatic hydroxyl groups is 1. The molecule has 0 radical (unpaired) electrons. The number of hydrogen-bond donors (Lipinski definition) is 2. The lowest BCUT2D eigenvalue weighted by atomic mass is 10.4. The van der Waals surface area contributed by atoms with E-state index < -0.39 is 0 Å². The molecule has 1 aromatic heterocycles. The van der Waals surface area contributed by atoms with Crippen LogP contribution in [0.3, 0.4) is 0 Å². The second-order valence-electron chi connectivity index (χ2n) is 2.24. The lowest BCUT2D eigenvalue weighted by Crippen LogP contribution is -2.15. The average Bonchev–Trinajstić information content (AvgIpc) is 2.50. The molecule has 2 N–H and O–H groups in total. The third-order valence-corrected chi connectivity index (χ3v) is 1.31. The molecule has 0 aliphatic carbocycles. The molecular formula is C7H12N2O2. The molecule has 11 heavy (non-hydrogen) atoms. The zero-order valence-electron chi connectivity index (χ0n) is 6.29. The van der Waals surface area contributed by atoms with Gasteiger partial charge in [-0.2, -0.15) is 0 Å². The first kappa shape index (κ1) is 8.23. The fraction of sp³-hybridized carbons (Fsp3) is 0.571. The Balaban J connectivity index is 2.04. The van der Waals surface area contributed by atoms with Crippen LogP contribution >= 0.6 is 0 Å². The van der Waals surface area contributed by atoms with E-state index in [1.807, 2.05) is 6.07 Å². The van der Waals surface area contributed by atoms with Crippen LogP contribution in [0.2, 0.25) is 0 Å². The SMILES string of the molecule is OCCCNCc1ccon1. The molecule has 4 nitrogen and oxygen atoms in total. The molecule has 0 aromatic carbocycles. The summed E-state index contributed by atoms with van der Waals surface area (Å²) in [7, 11) is 0. The minimum absolute atomic E-state index is 0.228. The number of aromatic nitrogens is 1. The van der Waals surface area contributed by atoms with Gasteiger partial charge in [-0.1, -0.05) is 5.16 Å². The van der Waals surface area contributed by atoms with E-state index in [0.717, 1.165) is 18.7 Å². The summed E-state index contributed by atoms with van der Waals surface area (Å²) in [6.45, 7) is 1.74. The van der Waals surface area contributed by atoms with Gasteiger partial charge in [-0.15, -0.1) is 0 Å². The van der Waals surface area contributed by atoms with Crippen molar-refractivity contribution in [3.63, 3.8) is 0 Å². The number of hydrogen-bond acceptors (Lipinski definition) is 4. The van der Waals surface area contributed by atoms with Crippen molar-refractivity contribution >= 4 is 0 Å². The summed E-state index contributed by atoms with van der Waals surface area (Å²) in [6, 6.07) is 1.81. The number of rotatable bonds is 5. The number of nitrogens with one attached hydrogen (secondary N) is 1. The van der Waals surface area contributed by atoms with Gasteiger partial charge in [0.25, 0.3) is 0 Å². The van der Waals surface area contributed by atoms with Crippen LogP contribution in [-0.4, -0.2) is 23.4 Å². The third kappa shape index (κ3) is 3.15. The number of nitrogens with zero attached hydrogens (tertiary/aromatic N) is 1. The van der Waals surface area contributed by atoms with Gasteiger partial charge in [-0.3, -0.25) is 0 Å². The van der Waals surface area contributed by atoms with Gasteiger partial charge < -0.3 is 14.9 Å². The molecular weight excluding hydrogens is 144 g/mol. The Morgan fingerprint density at radius 1 is 1.64 bits per heavy atom. The van der Waals surface area contributed by atoms with Crippen LogP contribution in [-0.2, 0) is 6.54 Å². The van der Waals surface area contributed by atoms with Crippen molar-refractivity contribution in [2.75, 3.05) is 13.2 Å². The van der Waals surface area contributed by atoms with Crippen LogP contribution in [0.1, 0.15) is 12.1 Å². The fourth-order valence-electron chi connectivity index (χ4n) is 0.749. The molecule has 0 atom stereocenters. The van der Waals surface area contributed by atoms with Crippen LogP contribution in [0.25, 0.3) is 0 Å². The zero-order chi connectivity index (χ0) is 7.94. The van der Waals surface area contributed by atoms with E-state index in [1.165, 1.54) is 0 Å². The Morgan fingerprint density at radius 2 is 2.55 bits per heavy atom. The standard InChI is InChI=1S/C7H12N2O2/c10-4-1-3-8-6-7-2-5-11-9-7/h2,5,8,10H,1,3-4,6H2. The largest absolute Gasteiger partial charge is 0.396 e. The van der Waals surface area contributed by atoms with Crippen molar-refractivity contribution in [1.82, 2.24) is 10.5 Å². The van der Waals surface area contributed by atoms with Crippen LogP contribution < -0.4 is 5.32 Å². The van der Waals surface area contributed by atoms with E-state index in [2.05, 4.69) is 15.0 Å². The van der Waals surface area contributed by atoms with Gasteiger partial charge >= 0.3 is 0 Å². The molecule has 0 bridgehead atoms. The highest BCUT2D eigenvalue weighted by Crippen LogP contribution is 1.92. The van der Waals surface area contributed by atoms with Crippen molar-refractivity contribution in [2.24, 2.45) is 0 Å². The number of aliphatic hydroxyl groups excluding tert-OH is 1. The van der Waals surface area contributed by atoms with Gasteiger partial charge in [0.1, 0.15) is 6.26 Å². The Hall–Kier alpha value is -0.870. The molecule has 1 rings (SSSR count). The van der Waals surface area contributed by atoms with Crippen molar-refractivity contribution in [2.45, 2.75) is 13.0 Å². The minimum atomic E-state index is 0.228. The smallest absolute Gasteiger partial charge is 0.124 e. The lowest BCUT2D eigenvalue weighted by Gasteiger charge is -1.98. The van der Waals surface area contributed by atoms with Gasteiger partial charge in [0.15, 0.2) is 0 Å². The molecule has 0 aliphatic rings. The first-order chi connectivity index (χ1) is 5.43. The molecule has 0 aliphatic heterocycles. The predicted octanol–water partition coefficient (Wildman–Crippen LogP) is 0.147. The molecule has 0 saturated carbocycles. The highest BCUT2D eigenvalue weighted by Gasteiger charge is 1.93. The van der Waals surface area contributed by atoms with E-state index in [-0.39, 0.29) is 6.61 Å². The van der Waals surface area contributed by atoms with Gasteiger partial charge in [0.2, 0.25) is 0 Å². The summed E-state index contributed by atoms with van der Waals surface area (Å²) < 4.78 is 4.63. The maximum Gasteiger partial charge on any atom is 0.124 e. The molecule has 0 amide bonds. The quantitative estimate of drug-likeness (QED) is 0.596. The summed E-state index contributed by atoms with van der Waals surface area (Å²) in [4.78, 5) is 0. The van der Waals surface area contributed by atoms with E-state index in [9.17, 15) is 0 Å². The van der Waals surface area contributed by atoms with Gasteiger partial charge in [-0.05, 0) is 13.0 Å². The molecule has 1 aromatic rings. The monoisotopic (exact) mass is 156 g/mol. The zero-order valence-corrected chi connectivity index (χ0v) is 6.29. The van der Waals surface area contributed by atoms with Crippen molar-refractivity contribution in [3.05, 3.63) is 18.0 Å². The highest BCUT2D eigenvalue weighted by molar-refractivity contribution is 4.93. The maximum atomic E-state index is 8.45. The molecule has 0 spiro atoms. The molecule has 1 heterocycles. The first-order valence-corrected chi connectivity index (χ1v) is 3.64. The first-order valence-electron chi connectivity index (χ1n) is 3.64. The predicted molar refractivity (Wildman–Crippen MR) is 39.9 cm³/mol. The topological polar surface area (TPSA) is 58.3 Å². The minimum Gasteiger partial charge on any atom is -0.396 e. The van der Waals surface area contributed by atoms with Crippen molar-refractivity contribution in [1.29, 1.82) is 0 Å².